The molecule has 0 saturated carbocycles. The Kier molecular flexibility index (Phi) is 8.49. The first-order valence-corrected chi connectivity index (χ1v) is 10.9. The van der Waals surface area contributed by atoms with Crippen LogP contribution in [0.25, 0.3) is 6.08 Å². The van der Waals surface area contributed by atoms with E-state index in [4.69, 9.17) is 25.8 Å². The molecule has 0 fully saturated rings. The van der Waals surface area contributed by atoms with Gasteiger partial charge >= 0.3 is 0 Å². The number of nitro groups is 1. The van der Waals surface area contributed by atoms with Crippen LogP contribution in [0.4, 0.5) is 11.4 Å². The molecule has 0 saturated heterocycles. The first kappa shape index (κ1) is 26.1. The Labute approximate surface area is 212 Å². The highest BCUT2D eigenvalue weighted by atomic mass is 35.5. The lowest BCUT2D eigenvalue weighted by Crippen LogP contribution is -2.14. The molecule has 3 aromatic carbocycles. The maximum Gasteiger partial charge on any atom is 0.271 e. The second-order valence-electron chi connectivity index (χ2n) is 7.57. The number of rotatable bonds is 9. The minimum Gasteiger partial charge on any atom is -0.495 e. The molecule has 0 spiro atoms. The van der Waals surface area contributed by atoms with Crippen LogP contribution >= 0.6 is 11.6 Å². The second kappa shape index (κ2) is 11.7. The van der Waals surface area contributed by atoms with E-state index < -0.39 is 10.8 Å². The third kappa shape index (κ3) is 6.31. The molecule has 1 N–H and O–H groups in total. The van der Waals surface area contributed by atoms with Crippen molar-refractivity contribution < 1.29 is 23.9 Å². The van der Waals surface area contributed by atoms with Gasteiger partial charge in [-0.3, -0.25) is 14.9 Å². The number of amides is 1. The van der Waals surface area contributed by atoms with E-state index >= 15 is 0 Å². The van der Waals surface area contributed by atoms with Gasteiger partial charge in [0.25, 0.3) is 11.6 Å². The quantitative estimate of drug-likeness (QED) is 0.170. The zero-order chi connectivity index (χ0) is 26.2. The molecule has 3 rings (SSSR count). The third-order valence-corrected chi connectivity index (χ3v) is 5.35. The normalized spacial score (nSPS) is 10.8. The monoisotopic (exact) mass is 507 g/mol. The Morgan fingerprint density at radius 1 is 1.11 bits per heavy atom. The van der Waals surface area contributed by atoms with Crippen LogP contribution in [0.15, 0.2) is 60.2 Å². The van der Waals surface area contributed by atoms with Gasteiger partial charge in [-0.2, -0.15) is 5.26 Å². The fraction of sp³-hybridized carbons (Fsp3) is 0.154. The molecular weight excluding hydrogens is 486 g/mol. The predicted molar refractivity (Wildman–Crippen MR) is 135 cm³/mol. The molecule has 36 heavy (non-hydrogen) atoms. The largest absolute Gasteiger partial charge is 0.495 e. The van der Waals surface area contributed by atoms with Crippen LogP contribution in [0.5, 0.6) is 17.2 Å². The average Bonchev–Trinajstić information content (AvgIpc) is 2.87. The number of carbonyl (C=O) groups is 1. The smallest absolute Gasteiger partial charge is 0.271 e. The number of nitro benzene ring substituents is 1. The molecule has 9 nitrogen and oxygen atoms in total. The summed E-state index contributed by atoms with van der Waals surface area (Å²) in [6.07, 6.45) is 1.32. The van der Waals surface area contributed by atoms with Gasteiger partial charge in [0.2, 0.25) is 0 Å². The number of anilines is 1. The Balaban J connectivity index is 1.85. The van der Waals surface area contributed by atoms with E-state index in [0.717, 1.165) is 17.2 Å². The molecule has 10 heteroatoms. The summed E-state index contributed by atoms with van der Waals surface area (Å²) in [6.45, 7) is 2.26. The molecule has 0 aliphatic rings. The first-order valence-electron chi connectivity index (χ1n) is 10.6. The van der Waals surface area contributed by atoms with Crippen LogP contribution in [0.1, 0.15) is 16.7 Å². The van der Waals surface area contributed by atoms with E-state index in [2.05, 4.69) is 5.32 Å². The van der Waals surface area contributed by atoms with Crippen LogP contribution < -0.4 is 19.5 Å². The summed E-state index contributed by atoms with van der Waals surface area (Å²) in [5.41, 5.74) is 2.03. The minimum atomic E-state index is -0.786. The molecule has 0 radical (unpaired) electrons. The Bertz CT molecular complexity index is 1360. The zero-order valence-electron chi connectivity index (χ0n) is 19.7. The molecule has 0 atom stereocenters. The maximum absolute atomic E-state index is 12.8. The van der Waals surface area contributed by atoms with Crippen molar-refractivity contribution in [2.24, 2.45) is 0 Å². The standard InChI is InChI=1S/C26H22ClN3O6/c1-16-4-6-17(7-5-16)15-36-25-21(27)11-18(12-24(25)35-3)10-19(14-28)26(31)29-22-13-20(30(32)33)8-9-23(22)34-2/h4-13H,15H2,1-3H3,(H,29,31)/b19-10+. The highest BCUT2D eigenvalue weighted by Crippen LogP contribution is 2.37. The van der Waals surface area contributed by atoms with Crippen molar-refractivity contribution in [2.45, 2.75) is 13.5 Å². The Morgan fingerprint density at radius 2 is 1.81 bits per heavy atom. The van der Waals surface area contributed by atoms with E-state index in [1.54, 1.807) is 6.07 Å². The lowest BCUT2D eigenvalue weighted by Gasteiger charge is -2.14. The van der Waals surface area contributed by atoms with Crippen molar-refractivity contribution in [3.63, 3.8) is 0 Å². The molecule has 0 unspecified atom stereocenters. The van der Waals surface area contributed by atoms with Gasteiger partial charge in [0.05, 0.1) is 29.9 Å². The number of non-ortho nitro benzene ring substituents is 1. The van der Waals surface area contributed by atoms with E-state index in [0.29, 0.717) is 17.1 Å². The molecule has 3 aromatic rings. The van der Waals surface area contributed by atoms with Crippen LogP contribution in [-0.4, -0.2) is 25.1 Å². The van der Waals surface area contributed by atoms with Gasteiger partial charge in [0.15, 0.2) is 11.5 Å². The summed E-state index contributed by atoms with van der Waals surface area (Å²) in [5.74, 6) is 0.0530. The molecular formula is C26H22ClN3O6. The van der Waals surface area contributed by atoms with Crippen molar-refractivity contribution in [3.8, 4) is 23.3 Å². The van der Waals surface area contributed by atoms with E-state index in [1.807, 2.05) is 37.3 Å². The SMILES string of the molecule is COc1ccc([N+](=O)[O-])cc1NC(=O)/C(C#N)=C/c1cc(Cl)c(OCc2ccc(C)cc2)c(OC)c1. The van der Waals surface area contributed by atoms with Gasteiger partial charge in [-0.1, -0.05) is 41.4 Å². The fourth-order valence-electron chi connectivity index (χ4n) is 3.22. The lowest BCUT2D eigenvalue weighted by molar-refractivity contribution is -0.384. The Hall–Kier alpha value is -4.55. The molecule has 0 aliphatic carbocycles. The van der Waals surface area contributed by atoms with Gasteiger partial charge in [-0.25, -0.2) is 0 Å². The molecule has 184 valence electrons. The second-order valence-corrected chi connectivity index (χ2v) is 7.98. The summed E-state index contributed by atoms with van der Waals surface area (Å²) in [5, 5.41) is 23.4. The van der Waals surface area contributed by atoms with Gasteiger partial charge in [0, 0.05) is 12.1 Å². The van der Waals surface area contributed by atoms with Gasteiger partial charge in [-0.05, 0) is 42.3 Å². The number of hydrogen-bond acceptors (Lipinski definition) is 7. The number of halogens is 1. The minimum absolute atomic E-state index is 0.0494. The van der Waals surface area contributed by atoms with Crippen molar-refractivity contribution >= 4 is 35.0 Å². The van der Waals surface area contributed by atoms with Gasteiger partial charge in [-0.15, -0.1) is 0 Å². The number of carbonyl (C=O) groups excluding carboxylic acids is 1. The topological polar surface area (TPSA) is 124 Å². The third-order valence-electron chi connectivity index (χ3n) is 5.07. The number of aryl methyl sites for hydroxylation is 1. The number of nitriles is 1. The van der Waals surface area contributed by atoms with E-state index in [1.165, 1.54) is 38.5 Å². The van der Waals surface area contributed by atoms with Crippen molar-refractivity contribution in [3.05, 3.63) is 92.0 Å². The Morgan fingerprint density at radius 3 is 2.42 bits per heavy atom. The summed E-state index contributed by atoms with van der Waals surface area (Å²) in [6, 6.07) is 16.5. The zero-order valence-corrected chi connectivity index (χ0v) is 20.5. The highest BCUT2D eigenvalue weighted by molar-refractivity contribution is 6.32. The first-order chi connectivity index (χ1) is 17.2. The van der Waals surface area contributed by atoms with Crippen molar-refractivity contribution in [1.82, 2.24) is 0 Å². The van der Waals surface area contributed by atoms with Crippen molar-refractivity contribution in [1.29, 1.82) is 5.26 Å². The average molecular weight is 508 g/mol. The predicted octanol–water partition coefficient (Wildman–Crippen LogP) is 5.70. The number of ether oxygens (including phenoxy) is 3. The molecule has 0 heterocycles. The van der Waals surface area contributed by atoms with Gasteiger partial charge in [0.1, 0.15) is 24.0 Å². The number of nitrogens with one attached hydrogen (secondary N) is 1. The van der Waals surface area contributed by atoms with Gasteiger partial charge < -0.3 is 19.5 Å². The molecule has 1 amide bonds. The number of benzene rings is 3. The number of methoxy groups -OCH3 is 2. The maximum atomic E-state index is 12.8. The summed E-state index contributed by atoms with van der Waals surface area (Å²) >= 11 is 6.43. The molecule has 0 aliphatic heterocycles. The number of nitrogens with zero attached hydrogens (tertiary/aromatic N) is 2. The van der Waals surface area contributed by atoms with Crippen molar-refractivity contribution in [2.75, 3.05) is 19.5 Å². The summed E-state index contributed by atoms with van der Waals surface area (Å²) in [7, 11) is 2.80. The van der Waals surface area contributed by atoms with E-state index in [-0.39, 0.29) is 34.3 Å². The number of hydrogen-bond donors (Lipinski definition) is 1. The lowest BCUT2D eigenvalue weighted by atomic mass is 10.1. The fourth-order valence-corrected chi connectivity index (χ4v) is 3.49. The summed E-state index contributed by atoms with van der Waals surface area (Å²) < 4.78 is 16.4. The molecule has 0 aromatic heterocycles. The highest BCUT2D eigenvalue weighted by Gasteiger charge is 2.18. The van der Waals surface area contributed by atoms with E-state index in [9.17, 15) is 20.2 Å². The van der Waals surface area contributed by atoms with Crippen LogP contribution in [0.3, 0.4) is 0 Å². The van der Waals surface area contributed by atoms with Crippen LogP contribution in [0.2, 0.25) is 5.02 Å². The van der Waals surface area contributed by atoms with Crippen LogP contribution in [-0.2, 0) is 11.4 Å². The summed E-state index contributed by atoms with van der Waals surface area (Å²) in [4.78, 5) is 23.3. The van der Waals surface area contributed by atoms with Crippen LogP contribution in [0, 0.1) is 28.4 Å². The molecule has 0 bridgehead atoms.